The maximum atomic E-state index is 9.16. The van der Waals surface area contributed by atoms with Crippen LogP contribution in [0.5, 0.6) is 5.75 Å². The van der Waals surface area contributed by atoms with Gasteiger partial charge in [-0.3, -0.25) is 4.90 Å². The second kappa shape index (κ2) is 6.15. The summed E-state index contributed by atoms with van der Waals surface area (Å²) in [4.78, 5) is 2.49. The van der Waals surface area contributed by atoms with Crippen LogP contribution in [0.25, 0.3) is 0 Å². The molecule has 3 nitrogen and oxygen atoms in total. The largest absolute Gasteiger partial charge is 0.489 e. The number of piperidine rings is 1. The number of nitrogens with zero attached hydrogens (tertiary/aromatic N) is 2. The van der Waals surface area contributed by atoms with Gasteiger partial charge in [-0.15, -0.1) is 0 Å². The van der Waals surface area contributed by atoms with Crippen LogP contribution < -0.4 is 4.74 Å². The molecule has 1 saturated heterocycles. The molecule has 0 bridgehead atoms. The molecule has 0 atom stereocenters. The fourth-order valence-electron chi connectivity index (χ4n) is 2.52. The van der Waals surface area contributed by atoms with E-state index in [4.69, 9.17) is 10.00 Å². The van der Waals surface area contributed by atoms with Crippen LogP contribution in [0.2, 0.25) is 0 Å². The standard InChI is InChI=1S/C16H21BrN2O/c1-16(2,3)19-8-6-14(7-9-19)20-15-5-4-13(17)10-12(15)11-18/h4-5,10,14H,6-9H2,1-3H3. The third-order valence-electron chi connectivity index (χ3n) is 3.75. The van der Waals surface area contributed by atoms with Gasteiger partial charge in [-0.25, -0.2) is 0 Å². The molecule has 0 aromatic heterocycles. The maximum Gasteiger partial charge on any atom is 0.137 e. The van der Waals surface area contributed by atoms with Crippen molar-refractivity contribution in [1.82, 2.24) is 4.90 Å². The number of benzene rings is 1. The number of rotatable bonds is 2. The number of nitriles is 1. The lowest BCUT2D eigenvalue weighted by Crippen LogP contribution is -2.48. The predicted molar refractivity (Wildman–Crippen MR) is 83.8 cm³/mol. The lowest BCUT2D eigenvalue weighted by molar-refractivity contribution is 0.0490. The Morgan fingerprint density at radius 3 is 2.50 bits per heavy atom. The van der Waals surface area contributed by atoms with Crippen molar-refractivity contribution in [3.63, 3.8) is 0 Å². The van der Waals surface area contributed by atoms with E-state index in [0.717, 1.165) is 30.4 Å². The zero-order chi connectivity index (χ0) is 14.8. The minimum absolute atomic E-state index is 0.210. The van der Waals surface area contributed by atoms with E-state index in [1.165, 1.54) is 0 Å². The summed E-state index contributed by atoms with van der Waals surface area (Å²) in [5, 5.41) is 9.16. The fourth-order valence-corrected chi connectivity index (χ4v) is 2.88. The summed E-state index contributed by atoms with van der Waals surface area (Å²) in [6, 6.07) is 7.79. The van der Waals surface area contributed by atoms with Crippen molar-refractivity contribution in [2.75, 3.05) is 13.1 Å². The molecule has 0 radical (unpaired) electrons. The van der Waals surface area contributed by atoms with Crippen LogP contribution >= 0.6 is 15.9 Å². The second-order valence-electron chi connectivity index (χ2n) is 6.23. The summed E-state index contributed by atoms with van der Waals surface area (Å²) in [5.41, 5.74) is 0.818. The summed E-state index contributed by atoms with van der Waals surface area (Å²) >= 11 is 3.38. The smallest absolute Gasteiger partial charge is 0.137 e. The molecule has 108 valence electrons. The molecule has 1 aromatic rings. The molecule has 1 fully saturated rings. The van der Waals surface area contributed by atoms with Gasteiger partial charge in [0.05, 0.1) is 5.56 Å². The number of hydrogen-bond donors (Lipinski definition) is 0. The number of ether oxygens (including phenoxy) is 1. The van der Waals surface area contributed by atoms with Gasteiger partial charge in [-0.05, 0) is 51.8 Å². The highest BCUT2D eigenvalue weighted by Crippen LogP contribution is 2.27. The van der Waals surface area contributed by atoms with Gasteiger partial charge in [0.2, 0.25) is 0 Å². The Kier molecular flexibility index (Phi) is 4.72. The van der Waals surface area contributed by atoms with Gasteiger partial charge in [-0.1, -0.05) is 15.9 Å². The molecule has 1 aromatic carbocycles. The lowest BCUT2D eigenvalue weighted by atomic mass is 9.99. The molecule has 4 heteroatoms. The Balaban J connectivity index is 1.98. The molecule has 0 aliphatic carbocycles. The molecule has 1 aliphatic heterocycles. The average molecular weight is 337 g/mol. The van der Waals surface area contributed by atoms with Crippen LogP contribution in [-0.2, 0) is 0 Å². The Morgan fingerprint density at radius 1 is 1.30 bits per heavy atom. The summed E-state index contributed by atoms with van der Waals surface area (Å²) in [5.74, 6) is 0.699. The third-order valence-corrected chi connectivity index (χ3v) is 4.24. The summed E-state index contributed by atoms with van der Waals surface area (Å²) in [7, 11) is 0. The van der Waals surface area contributed by atoms with Crippen molar-refractivity contribution < 1.29 is 4.74 Å². The minimum Gasteiger partial charge on any atom is -0.489 e. The maximum absolute atomic E-state index is 9.16. The average Bonchev–Trinajstić information content (AvgIpc) is 2.40. The van der Waals surface area contributed by atoms with Crippen LogP contribution in [0, 0.1) is 11.3 Å². The number of halogens is 1. The van der Waals surface area contributed by atoms with E-state index < -0.39 is 0 Å². The normalized spacial score (nSPS) is 17.8. The van der Waals surface area contributed by atoms with Crippen molar-refractivity contribution >= 4 is 15.9 Å². The summed E-state index contributed by atoms with van der Waals surface area (Å²) in [6.45, 7) is 8.84. The Labute approximate surface area is 129 Å². The molecule has 0 spiro atoms. The SMILES string of the molecule is CC(C)(C)N1CCC(Oc2ccc(Br)cc2C#N)CC1. The first-order valence-corrected chi connectivity index (χ1v) is 7.81. The van der Waals surface area contributed by atoms with E-state index >= 15 is 0 Å². The molecule has 1 aliphatic rings. The monoisotopic (exact) mass is 336 g/mol. The zero-order valence-corrected chi connectivity index (χ0v) is 13.9. The second-order valence-corrected chi connectivity index (χ2v) is 7.14. The van der Waals surface area contributed by atoms with Crippen molar-refractivity contribution in [2.45, 2.75) is 45.3 Å². The number of likely N-dealkylation sites (tertiary alicyclic amines) is 1. The quantitative estimate of drug-likeness (QED) is 0.819. The van der Waals surface area contributed by atoms with Crippen LogP contribution in [0.1, 0.15) is 39.2 Å². The van der Waals surface area contributed by atoms with Gasteiger partial charge in [0.25, 0.3) is 0 Å². The fraction of sp³-hybridized carbons (Fsp3) is 0.562. The molecule has 1 heterocycles. The number of hydrogen-bond acceptors (Lipinski definition) is 3. The molecular weight excluding hydrogens is 316 g/mol. The molecule has 0 amide bonds. The van der Waals surface area contributed by atoms with Crippen molar-refractivity contribution in [3.8, 4) is 11.8 Å². The van der Waals surface area contributed by atoms with E-state index in [9.17, 15) is 0 Å². The van der Waals surface area contributed by atoms with Crippen molar-refractivity contribution in [2.24, 2.45) is 0 Å². The first-order chi connectivity index (χ1) is 9.40. The van der Waals surface area contributed by atoms with E-state index in [2.05, 4.69) is 47.7 Å². The third kappa shape index (κ3) is 3.74. The highest BCUT2D eigenvalue weighted by Gasteiger charge is 2.28. The van der Waals surface area contributed by atoms with Crippen molar-refractivity contribution in [3.05, 3.63) is 28.2 Å². The van der Waals surface area contributed by atoms with Crippen LogP contribution in [0.3, 0.4) is 0 Å². The molecular formula is C16H21BrN2O. The minimum atomic E-state index is 0.210. The van der Waals surface area contributed by atoms with E-state index in [-0.39, 0.29) is 11.6 Å². The summed E-state index contributed by atoms with van der Waals surface area (Å²) in [6.07, 6.45) is 2.23. The Bertz CT molecular complexity index is 508. The van der Waals surface area contributed by atoms with Gasteiger partial charge in [0, 0.05) is 23.1 Å². The highest BCUT2D eigenvalue weighted by molar-refractivity contribution is 9.10. The van der Waals surface area contributed by atoms with Crippen LogP contribution in [0.15, 0.2) is 22.7 Å². The first kappa shape index (κ1) is 15.3. The first-order valence-electron chi connectivity index (χ1n) is 7.01. The lowest BCUT2D eigenvalue weighted by Gasteiger charge is -2.40. The van der Waals surface area contributed by atoms with Gasteiger partial charge in [-0.2, -0.15) is 5.26 Å². The zero-order valence-electron chi connectivity index (χ0n) is 12.3. The van der Waals surface area contributed by atoms with Crippen LogP contribution in [-0.4, -0.2) is 29.6 Å². The predicted octanol–water partition coefficient (Wildman–Crippen LogP) is 3.96. The molecule has 20 heavy (non-hydrogen) atoms. The molecule has 0 saturated carbocycles. The van der Waals surface area contributed by atoms with Gasteiger partial charge in [0.15, 0.2) is 0 Å². The molecule has 2 rings (SSSR count). The molecule has 0 unspecified atom stereocenters. The van der Waals surface area contributed by atoms with Gasteiger partial charge < -0.3 is 4.74 Å². The van der Waals surface area contributed by atoms with Crippen LogP contribution in [0.4, 0.5) is 0 Å². The summed E-state index contributed by atoms with van der Waals surface area (Å²) < 4.78 is 6.93. The highest BCUT2D eigenvalue weighted by atomic mass is 79.9. The topological polar surface area (TPSA) is 36.3 Å². The van der Waals surface area contributed by atoms with E-state index in [0.29, 0.717) is 11.3 Å². The van der Waals surface area contributed by atoms with Gasteiger partial charge >= 0.3 is 0 Å². The Hall–Kier alpha value is -1.05. The Morgan fingerprint density at radius 2 is 1.95 bits per heavy atom. The van der Waals surface area contributed by atoms with E-state index in [1.54, 1.807) is 6.07 Å². The van der Waals surface area contributed by atoms with Crippen molar-refractivity contribution in [1.29, 1.82) is 5.26 Å². The van der Waals surface area contributed by atoms with Gasteiger partial charge in [0.1, 0.15) is 17.9 Å². The van der Waals surface area contributed by atoms with E-state index in [1.807, 2.05) is 12.1 Å². The molecule has 0 N–H and O–H groups in total.